The van der Waals surface area contributed by atoms with Crippen molar-refractivity contribution in [1.29, 1.82) is 0 Å². The third-order valence-electron chi connectivity index (χ3n) is 3.35. The number of anilines is 2. The van der Waals surface area contributed by atoms with Crippen LogP contribution in [0.4, 0.5) is 11.4 Å². The molecular weight excluding hydrogens is 252 g/mol. The van der Waals surface area contributed by atoms with Crippen LogP contribution in [0.5, 0.6) is 5.75 Å². The van der Waals surface area contributed by atoms with Crippen LogP contribution in [0.25, 0.3) is 0 Å². The number of aromatic nitrogens is 1. The lowest BCUT2D eigenvalue weighted by atomic mass is 10.2. The largest absolute Gasteiger partial charge is 0.497 e. The molecule has 20 heavy (non-hydrogen) atoms. The molecule has 4 heteroatoms. The van der Waals surface area contributed by atoms with Gasteiger partial charge in [0.25, 0.3) is 0 Å². The summed E-state index contributed by atoms with van der Waals surface area (Å²) in [5.41, 5.74) is 2.73. The molecule has 1 aromatic heterocycles. The Kier molecular flexibility index (Phi) is 4.58. The maximum atomic E-state index is 9.74. The third-order valence-corrected chi connectivity index (χ3v) is 3.35. The van der Waals surface area contributed by atoms with Crippen molar-refractivity contribution in [2.45, 2.75) is 19.4 Å². The topological polar surface area (TPSA) is 45.6 Å². The molecule has 1 aromatic carbocycles. The number of pyridine rings is 1. The van der Waals surface area contributed by atoms with E-state index in [1.807, 2.05) is 55.3 Å². The number of rotatable bonds is 5. The van der Waals surface area contributed by atoms with Crippen molar-refractivity contribution in [2.24, 2.45) is 0 Å². The summed E-state index contributed by atoms with van der Waals surface area (Å²) >= 11 is 0. The summed E-state index contributed by atoms with van der Waals surface area (Å²) in [6, 6.07) is 11.7. The van der Waals surface area contributed by atoms with Gasteiger partial charge >= 0.3 is 0 Å². The summed E-state index contributed by atoms with van der Waals surface area (Å²) in [6.07, 6.45) is 1.95. The summed E-state index contributed by atoms with van der Waals surface area (Å²) in [6.45, 7) is 1.93. The Bertz CT molecular complexity index is 537. The average Bonchev–Trinajstić information content (AvgIpc) is 2.53. The van der Waals surface area contributed by atoms with Crippen LogP contribution in [0, 0.1) is 0 Å². The highest BCUT2D eigenvalue weighted by Crippen LogP contribution is 2.26. The van der Waals surface area contributed by atoms with Gasteiger partial charge in [0.15, 0.2) is 0 Å². The van der Waals surface area contributed by atoms with Crippen LogP contribution >= 0.6 is 0 Å². The Hall–Kier alpha value is -2.07. The minimum absolute atomic E-state index is 0.490. The van der Waals surface area contributed by atoms with Gasteiger partial charge in [0, 0.05) is 12.7 Å². The molecule has 0 unspecified atom stereocenters. The van der Waals surface area contributed by atoms with Gasteiger partial charge in [0.05, 0.1) is 30.8 Å². The zero-order valence-corrected chi connectivity index (χ0v) is 12.1. The van der Waals surface area contributed by atoms with Crippen LogP contribution in [0.3, 0.4) is 0 Å². The predicted molar refractivity (Wildman–Crippen MR) is 80.5 cm³/mol. The van der Waals surface area contributed by atoms with E-state index in [9.17, 15) is 5.11 Å². The van der Waals surface area contributed by atoms with Gasteiger partial charge in [-0.25, -0.2) is 0 Å². The van der Waals surface area contributed by atoms with E-state index in [2.05, 4.69) is 4.98 Å². The molecule has 4 nitrogen and oxygen atoms in total. The highest BCUT2D eigenvalue weighted by molar-refractivity contribution is 5.62. The van der Waals surface area contributed by atoms with Crippen molar-refractivity contribution in [3.05, 3.63) is 48.3 Å². The molecule has 0 saturated carbocycles. The first kappa shape index (κ1) is 14.3. The molecule has 2 rings (SSSR count). The summed E-state index contributed by atoms with van der Waals surface area (Å²) in [4.78, 5) is 6.35. The minimum atomic E-state index is -0.490. The van der Waals surface area contributed by atoms with Gasteiger partial charge in [-0.2, -0.15) is 0 Å². The molecule has 1 heterocycles. The smallest absolute Gasteiger partial charge is 0.119 e. The fourth-order valence-electron chi connectivity index (χ4n) is 1.96. The zero-order chi connectivity index (χ0) is 14.5. The summed E-state index contributed by atoms with van der Waals surface area (Å²) in [5, 5.41) is 9.74. The lowest BCUT2D eigenvalue weighted by molar-refractivity contribution is 0.169. The quantitative estimate of drug-likeness (QED) is 0.907. The van der Waals surface area contributed by atoms with E-state index in [0.29, 0.717) is 12.1 Å². The van der Waals surface area contributed by atoms with Crippen LogP contribution in [0.2, 0.25) is 0 Å². The van der Waals surface area contributed by atoms with Gasteiger partial charge in [-0.1, -0.05) is 6.92 Å². The van der Waals surface area contributed by atoms with Crippen LogP contribution in [-0.2, 0) is 0 Å². The van der Waals surface area contributed by atoms with Crippen molar-refractivity contribution < 1.29 is 9.84 Å². The van der Waals surface area contributed by atoms with E-state index < -0.39 is 6.10 Å². The van der Waals surface area contributed by atoms with Gasteiger partial charge in [-0.15, -0.1) is 0 Å². The fraction of sp³-hybridized carbons (Fsp3) is 0.312. The molecule has 0 fully saturated rings. The van der Waals surface area contributed by atoms with Crippen LogP contribution in [-0.4, -0.2) is 24.2 Å². The van der Waals surface area contributed by atoms with Crippen molar-refractivity contribution in [3.63, 3.8) is 0 Å². The van der Waals surface area contributed by atoms with Gasteiger partial charge in [-0.3, -0.25) is 4.98 Å². The second-order valence-electron chi connectivity index (χ2n) is 4.62. The van der Waals surface area contributed by atoms with E-state index in [1.54, 1.807) is 13.3 Å². The van der Waals surface area contributed by atoms with Crippen molar-refractivity contribution in [2.75, 3.05) is 19.1 Å². The molecule has 106 valence electrons. The molecule has 1 N–H and O–H groups in total. The number of benzene rings is 1. The van der Waals surface area contributed by atoms with Crippen LogP contribution in [0.15, 0.2) is 42.6 Å². The van der Waals surface area contributed by atoms with Gasteiger partial charge in [0.1, 0.15) is 5.75 Å². The SMILES string of the molecule is CC[C@H](O)c1ccc(N(C)c2ccc(OC)cc2)cn1. The normalized spacial score (nSPS) is 12.0. The third kappa shape index (κ3) is 3.08. The van der Waals surface area contributed by atoms with Gasteiger partial charge in [0.2, 0.25) is 0 Å². The van der Waals surface area contributed by atoms with Crippen LogP contribution < -0.4 is 9.64 Å². The minimum Gasteiger partial charge on any atom is -0.497 e. The second kappa shape index (κ2) is 6.39. The Morgan fingerprint density at radius 2 is 1.80 bits per heavy atom. The summed E-state index contributed by atoms with van der Waals surface area (Å²) < 4.78 is 5.15. The molecule has 2 aromatic rings. The average molecular weight is 272 g/mol. The number of methoxy groups -OCH3 is 1. The number of hydrogen-bond donors (Lipinski definition) is 1. The first-order valence-electron chi connectivity index (χ1n) is 6.67. The van der Waals surface area contributed by atoms with E-state index in [-0.39, 0.29) is 0 Å². The predicted octanol–water partition coefficient (Wildman–Crippen LogP) is 3.30. The first-order chi connectivity index (χ1) is 9.65. The fourth-order valence-corrected chi connectivity index (χ4v) is 1.96. The lowest BCUT2D eigenvalue weighted by Crippen LogP contribution is -2.10. The molecule has 0 aliphatic carbocycles. The Morgan fingerprint density at radius 3 is 2.30 bits per heavy atom. The molecule has 0 saturated heterocycles. The van der Waals surface area contributed by atoms with Crippen molar-refractivity contribution in [1.82, 2.24) is 4.98 Å². The van der Waals surface area contributed by atoms with Gasteiger partial charge < -0.3 is 14.7 Å². The number of nitrogens with zero attached hydrogens (tertiary/aromatic N) is 2. The second-order valence-corrected chi connectivity index (χ2v) is 4.62. The molecule has 1 atom stereocenters. The number of aliphatic hydroxyl groups excluding tert-OH is 1. The highest BCUT2D eigenvalue weighted by atomic mass is 16.5. The molecule has 0 aliphatic heterocycles. The molecular formula is C16H20N2O2. The van der Waals surface area contributed by atoms with E-state index in [4.69, 9.17) is 4.74 Å². The molecule has 0 bridgehead atoms. The first-order valence-corrected chi connectivity index (χ1v) is 6.67. The number of aliphatic hydroxyl groups is 1. The Labute approximate surface area is 119 Å². The number of ether oxygens (including phenoxy) is 1. The summed E-state index contributed by atoms with van der Waals surface area (Å²) in [7, 11) is 3.63. The molecule has 0 aliphatic rings. The van der Waals surface area contributed by atoms with E-state index >= 15 is 0 Å². The maximum Gasteiger partial charge on any atom is 0.119 e. The van der Waals surface area contributed by atoms with Crippen LogP contribution in [0.1, 0.15) is 25.1 Å². The molecule has 0 spiro atoms. The standard InChI is InChI=1S/C16H20N2O2/c1-4-16(19)15-10-7-13(11-17-15)18(2)12-5-8-14(20-3)9-6-12/h5-11,16,19H,4H2,1-3H3/t16-/m0/s1. The van der Waals surface area contributed by atoms with E-state index in [0.717, 1.165) is 17.1 Å². The Balaban J connectivity index is 2.17. The zero-order valence-electron chi connectivity index (χ0n) is 12.1. The number of hydrogen-bond acceptors (Lipinski definition) is 4. The van der Waals surface area contributed by atoms with Crippen molar-refractivity contribution >= 4 is 11.4 Å². The van der Waals surface area contributed by atoms with Gasteiger partial charge in [-0.05, 0) is 42.8 Å². The van der Waals surface area contributed by atoms with E-state index in [1.165, 1.54) is 0 Å². The highest BCUT2D eigenvalue weighted by Gasteiger charge is 2.08. The Morgan fingerprint density at radius 1 is 1.15 bits per heavy atom. The molecule has 0 radical (unpaired) electrons. The van der Waals surface area contributed by atoms with Crippen molar-refractivity contribution in [3.8, 4) is 5.75 Å². The summed E-state index contributed by atoms with van der Waals surface area (Å²) in [5.74, 6) is 0.835. The maximum absolute atomic E-state index is 9.74. The molecule has 0 amide bonds. The lowest BCUT2D eigenvalue weighted by Gasteiger charge is -2.20. The monoisotopic (exact) mass is 272 g/mol.